The van der Waals surface area contributed by atoms with Gasteiger partial charge in [0.1, 0.15) is 0 Å². The van der Waals surface area contributed by atoms with E-state index in [1.54, 1.807) is 0 Å². The van der Waals surface area contributed by atoms with E-state index in [9.17, 15) is 0 Å². The Balaban J connectivity index is 0.000000104. The number of fused-ring (bicyclic) bond motifs is 25. The van der Waals surface area contributed by atoms with Gasteiger partial charge in [-0.25, -0.2) is 0 Å². The molecule has 6 nitrogen and oxygen atoms in total. The number of hydrogen-bond donors (Lipinski definition) is 0. The molecule has 0 saturated carbocycles. The Labute approximate surface area is 748 Å². The second-order valence-corrected chi connectivity index (χ2v) is 34.1. The molecule has 6 aromatic heterocycles. The van der Waals surface area contributed by atoms with Crippen molar-refractivity contribution in [1.29, 1.82) is 0 Å². The van der Waals surface area contributed by atoms with Crippen LogP contribution < -0.4 is 0 Å². The molecule has 606 valence electrons. The third-order valence-corrected chi connectivity index (χ3v) is 27.1. The molecule has 0 saturated heterocycles. The van der Waals surface area contributed by atoms with Crippen LogP contribution in [0.5, 0.6) is 0 Å². The Hall–Kier alpha value is -17.3. The van der Waals surface area contributed by atoms with Gasteiger partial charge in [-0.15, -0.1) is 0 Å². The summed E-state index contributed by atoms with van der Waals surface area (Å²) in [6.07, 6.45) is 0. The Morgan fingerprint density at radius 2 is 0.338 bits per heavy atom. The van der Waals surface area contributed by atoms with E-state index in [0.29, 0.717) is 0 Å². The Kier molecular flexibility index (Phi) is 17.2. The molecule has 0 atom stereocenters. The monoisotopic (exact) mass is 1650 g/mol. The van der Waals surface area contributed by atoms with Crippen LogP contribution in [-0.2, 0) is 0 Å². The van der Waals surface area contributed by atoms with E-state index >= 15 is 0 Å². The number of benzene rings is 22. The number of para-hydroxylation sites is 5. The minimum atomic E-state index is 1.15. The normalized spacial score (nSPS) is 11.8. The first kappa shape index (κ1) is 74.1. The lowest BCUT2D eigenvalue weighted by Crippen LogP contribution is -1.96. The molecule has 0 aliphatic rings. The van der Waals surface area contributed by atoms with Gasteiger partial charge in [0, 0.05) is 98.2 Å². The molecule has 0 radical (unpaired) electrons. The maximum atomic E-state index is 2.45. The quantitative estimate of drug-likeness (QED) is 0.138. The highest BCUT2D eigenvalue weighted by molar-refractivity contribution is 6.32. The van der Waals surface area contributed by atoms with Crippen molar-refractivity contribution in [3.05, 3.63) is 485 Å². The SMILES string of the molecule is c1ccc(-c2ccc(-n3c4ccccc4c4c5c6cc(-c7ccccc7)ccc6n(-c6ccc(-c7ccccc7)cc6)c5ccc43)cc2)cc1.c1ccc2c(-n3c4ccccc4c4c5c6ccccc6n(-c6cccc7ccccc67)c5ccc43)cccc2c1.c1ccc2cc(-n3c4ccccc4c4c5c6ccccc6n(-c6ccc7ccccc7c6)c5ccc43)ccc2c1. The van der Waals surface area contributed by atoms with E-state index in [0.717, 1.165) is 11.4 Å². The van der Waals surface area contributed by atoms with E-state index in [1.807, 2.05) is 0 Å². The molecule has 0 aliphatic heterocycles. The molecular weight excluding hydrogens is 1570 g/mol. The van der Waals surface area contributed by atoms with Crippen molar-refractivity contribution in [3.63, 3.8) is 0 Å². The number of aromatic nitrogens is 6. The molecule has 0 unspecified atom stereocenters. The lowest BCUT2D eigenvalue weighted by Gasteiger charge is -2.12. The second kappa shape index (κ2) is 30.2. The zero-order valence-corrected chi connectivity index (χ0v) is 70.9. The van der Waals surface area contributed by atoms with Crippen molar-refractivity contribution in [2.75, 3.05) is 0 Å². The minimum absolute atomic E-state index is 1.15. The van der Waals surface area contributed by atoms with Gasteiger partial charge in [0.25, 0.3) is 0 Å². The van der Waals surface area contributed by atoms with E-state index in [1.165, 1.54) is 230 Å². The Morgan fingerprint density at radius 1 is 0.108 bits per heavy atom. The molecule has 0 bridgehead atoms. The summed E-state index contributed by atoms with van der Waals surface area (Å²) in [7, 11) is 0. The first-order valence-corrected chi connectivity index (χ1v) is 44.8. The standard InChI is InChI=1S/C48H32N2.2C38H24N2/c1-4-12-33(13-5-1)36-20-25-39(26-21-36)49-43-19-11-10-18-41(43)47-45(49)30-31-46-48(47)42-32-38(35-16-8-3-9-17-35)24-29-44(42)50(46)40-27-22-37(23-28-40)34-14-6-2-7-15-34;1-3-15-27-25(11-1)13-9-21-31(27)39-33-19-7-5-17-29(33)37-35(39)23-24-36-38(37)30-18-6-8-20-34(30)40(36)32-22-10-14-26-12-2-4-16-28(26)32;1-3-11-27-23-29(19-17-25(27)9-1)39-33-15-7-5-13-31(33)37-35(39)21-22-36-38(37)32-14-6-8-16-34(32)40(36)30-20-18-26-10-2-4-12-28(26)24-30/h1-32H;2*1-24H. The second-order valence-electron chi connectivity index (χ2n) is 34.1. The zero-order valence-electron chi connectivity index (χ0n) is 70.9. The van der Waals surface area contributed by atoms with Crippen molar-refractivity contribution < 1.29 is 0 Å². The number of rotatable bonds is 9. The summed E-state index contributed by atoms with van der Waals surface area (Å²) in [5.74, 6) is 0. The van der Waals surface area contributed by atoms with Crippen LogP contribution in [0.3, 0.4) is 0 Å². The Morgan fingerprint density at radius 3 is 0.700 bits per heavy atom. The summed E-state index contributed by atoms with van der Waals surface area (Å²) >= 11 is 0. The van der Waals surface area contributed by atoms with Gasteiger partial charge >= 0.3 is 0 Å². The third-order valence-electron chi connectivity index (χ3n) is 27.1. The highest BCUT2D eigenvalue weighted by atomic mass is 15.0. The fraction of sp³-hybridized carbons (Fsp3) is 0. The van der Waals surface area contributed by atoms with Gasteiger partial charge in [-0.1, -0.05) is 346 Å². The van der Waals surface area contributed by atoms with Crippen molar-refractivity contribution in [1.82, 2.24) is 27.4 Å². The summed E-state index contributed by atoms with van der Waals surface area (Å²) in [6, 6.07) is 176. The molecular formula is C124H80N6. The van der Waals surface area contributed by atoms with Crippen LogP contribution in [0, 0.1) is 0 Å². The fourth-order valence-electron chi connectivity index (χ4n) is 21.4. The summed E-state index contributed by atoms with van der Waals surface area (Å²) in [5.41, 5.74) is 29.0. The topological polar surface area (TPSA) is 29.6 Å². The smallest absolute Gasteiger partial charge is 0.0549 e. The highest BCUT2D eigenvalue weighted by Gasteiger charge is 2.27. The first-order valence-electron chi connectivity index (χ1n) is 44.8. The van der Waals surface area contributed by atoms with Gasteiger partial charge in [-0.2, -0.15) is 0 Å². The van der Waals surface area contributed by atoms with Crippen LogP contribution >= 0.6 is 0 Å². The molecule has 0 spiro atoms. The van der Waals surface area contributed by atoms with Gasteiger partial charge in [0.15, 0.2) is 0 Å². The largest absolute Gasteiger partial charge is 0.309 e. The lowest BCUT2D eigenvalue weighted by atomic mass is 10.0. The van der Waals surface area contributed by atoms with Gasteiger partial charge in [-0.3, -0.25) is 0 Å². The lowest BCUT2D eigenvalue weighted by molar-refractivity contribution is 1.17. The summed E-state index contributed by atoms with van der Waals surface area (Å²) < 4.78 is 14.6. The number of nitrogens with zero attached hydrogens (tertiary/aromatic N) is 6. The first-order chi connectivity index (χ1) is 64.5. The van der Waals surface area contributed by atoms with E-state index in [4.69, 9.17) is 0 Å². The molecule has 6 heteroatoms. The molecule has 0 N–H and O–H groups in total. The zero-order chi connectivity index (χ0) is 85.4. The number of hydrogen-bond acceptors (Lipinski definition) is 0. The molecule has 6 heterocycles. The molecule has 28 rings (SSSR count). The highest BCUT2D eigenvalue weighted by Crippen LogP contribution is 2.49. The van der Waals surface area contributed by atoms with Crippen LogP contribution in [0.15, 0.2) is 485 Å². The predicted molar refractivity (Wildman–Crippen MR) is 552 cm³/mol. The average Bonchev–Trinajstić information content (AvgIpc) is 1.55. The van der Waals surface area contributed by atoms with Crippen LogP contribution in [0.2, 0.25) is 0 Å². The van der Waals surface area contributed by atoms with Gasteiger partial charge < -0.3 is 27.4 Å². The van der Waals surface area contributed by atoms with E-state index < -0.39 is 0 Å². The van der Waals surface area contributed by atoms with Crippen molar-refractivity contribution in [2.24, 2.45) is 0 Å². The van der Waals surface area contributed by atoms with E-state index in [-0.39, 0.29) is 0 Å². The fourth-order valence-corrected chi connectivity index (χ4v) is 21.4. The van der Waals surface area contributed by atoms with Crippen LogP contribution in [0.25, 0.3) is 241 Å². The van der Waals surface area contributed by atoms with Crippen LogP contribution in [0.4, 0.5) is 0 Å². The summed E-state index contributed by atoms with van der Waals surface area (Å²) in [4.78, 5) is 0. The molecule has 130 heavy (non-hydrogen) atoms. The van der Waals surface area contributed by atoms with Crippen LogP contribution in [-0.4, -0.2) is 27.4 Å². The van der Waals surface area contributed by atoms with Crippen molar-refractivity contribution in [2.45, 2.75) is 0 Å². The molecule has 22 aromatic carbocycles. The van der Waals surface area contributed by atoms with Gasteiger partial charge in [0.05, 0.1) is 77.6 Å². The minimum Gasteiger partial charge on any atom is -0.309 e. The maximum Gasteiger partial charge on any atom is 0.0549 e. The van der Waals surface area contributed by atoms with Gasteiger partial charge in [0.2, 0.25) is 0 Å². The average molecular weight is 1650 g/mol. The maximum absolute atomic E-state index is 2.45. The summed E-state index contributed by atoms with van der Waals surface area (Å²) in [6.45, 7) is 0. The third kappa shape index (κ3) is 11.8. The van der Waals surface area contributed by atoms with Gasteiger partial charge in [-0.05, 0) is 205 Å². The molecule has 28 aromatic rings. The molecule has 0 aliphatic carbocycles. The van der Waals surface area contributed by atoms with Crippen molar-refractivity contribution in [3.8, 4) is 67.5 Å². The van der Waals surface area contributed by atoms with Crippen molar-refractivity contribution >= 4 is 174 Å². The predicted octanol–water partition coefficient (Wildman–Crippen LogP) is 33.3. The summed E-state index contributed by atoms with van der Waals surface area (Å²) in [5, 5.41) is 25.4. The van der Waals surface area contributed by atoms with Crippen LogP contribution in [0.1, 0.15) is 0 Å². The molecule has 0 amide bonds. The Bertz CT molecular complexity index is 9050. The van der Waals surface area contributed by atoms with E-state index in [2.05, 4.69) is 513 Å². The molecule has 0 fully saturated rings.